The minimum absolute atomic E-state index is 0.522. The van der Waals surface area contributed by atoms with Gasteiger partial charge in [-0.15, -0.1) is 0 Å². The zero-order valence-corrected chi connectivity index (χ0v) is 14.4. The molecule has 1 unspecified atom stereocenters. The van der Waals surface area contributed by atoms with E-state index in [4.69, 9.17) is 0 Å². The van der Waals surface area contributed by atoms with Gasteiger partial charge in [0.05, 0.1) is 0 Å². The Bertz CT molecular complexity index is 264. The molecule has 2 saturated carbocycles. The number of rotatable bonds is 4. The van der Waals surface area contributed by atoms with E-state index in [1.807, 2.05) is 0 Å². The standard InChI is InChI=1S/C19H37N/c1-15(17-8-6-5-7-9-17)20-14-16-10-12-18(13-11-16)19(2,3)4/h15-18,20H,5-14H2,1-4H3. The lowest BCUT2D eigenvalue weighted by molar-refractivity contribution is 0.145. The maximum absolute atomic E-state index is 3.88. The lowest BCUT2D eigenvalue weighted by atomic mass is 9.70. The molecule has 0 saturated heterocycles. The molecule has 118 valence electrons. The Morgan fingerprint density at radius 2 is 1.50 bits per heavy atom. The van der Waals surface area contributed by atoms with Crippen LogP contribution < -0.4 is 5.32 Å². The van der Waals surface area contributed by atoms with E-state index in [1.54, 1.807) is 0 Å². The molecule has 0 heterocycles. The van der Waals surface area contributed by atoms with Crippen LogP contribution in [-0.2, 0) is 0 Å². The van der Waals surface area contributed by atoms with E-state index in [0.717, 1.165) is 23.8 Å². The van der Waals surface area contributed by atoms with Crippen molar-refractivity contribution in [3.63, 3.8) is 0 Å². The van der Waals surface area contributed by atoms with Gasteiger partial charge in [-0.05, 0) is 75.2 Å². The topological polar surface area (TPSA) is 12.0 Å². The second-order valence-electron chi connectivity index (χ2n) is 8.68. The average Bonchev–Trinajstić information content (AvgIpc) is 2.45. The van der Waals surface area contributed by atoms with E-state index in [2.05, 4.69) is 33.0 Å². The molecule has 1 atom stereocenters. The van der Waals surface area contributed by atoms with Gasteiger partial charge in [0.15, 0.2) is 0 Å². The molecule has 1 N–H and O–H groups in total. The van der Waals surface area contributed by atoms with Crippen molar-refractivity contribution in [2.45, 2.75) is 91.5 Å². The van der Waals surface area contributed by atoms with Gasteiger partial charge in [-0.1, -0.05) is 40.0 Å². The Labute approximate surface area is 127 Å². The highest BCUT2D eigenvalue weighted by Gasteiger charge is 2.30. The molecule has 2 aliphatic carbocycles. The number of nitrogens with one attached hydrogen (secondary N) is 1. The second-order valence-corrected chi connectivity index (χ2v) is 8.68. The van der Waals surface area contributed by atoms with Crippen LogP contribution in [0.15, 0.2) is 0 Å². The maximum atomic E-state index is 3.88. The summed E-state index contributed by atoms with van der Waals surface area (Å²) in [7, 11) is 0. The molecule has 0 aromatic carbocycles. The van der Waals surface area contributed by atoms with Gasteiger partial charge in [-0.3, -0.25) is 0 Å². The summed E-state index contributed by atoms with van der Waals surface area (Å²) in [4.78, 5) is 0. The second kappa shape index (κ2) is 7.29. The Kier molecular flexibility index (Phi) is 5.95. The molecular formula is C19H37N. The Balaban J connectivity index is 1.65. The van der Waals surface area contributed by atoms with Crippen LogP contribution >= 0.6 is 0 Å². The average molecular weight is 280 g/mol. The minimum Gasteiger partial charge on any atom is -0.314 e. The van der Waals surface area contributed by atoms with E-state index in [-0.39, 0.29) is 0 Å². The zero-order valence-electron chi connectivity index (χ0n) is 14.4. The molecule has 1 heteroatoms. The molecule has 2 fully saturated rings. The normalized spacial score (nSPS) is 31.2. The van der Waals surface area contributed by atoms with Crippen molar-refractivity contribution in [2.75, 3.05) is 6.54 Å². The quantitative estimate of drug-likeness (QED) is 0.727. The first-order chi connectivity index (χ1) is 9.47. The lowest BCUT2D eigenvalue weighted by Gasteiger charge is -2.38. The summed E-state index contributed by atoms with van der Waals surface area (Å²) in [5.41, 5.74) is 0.522. The fraction of sp³-hybridized carbons (Fsp3) is 1.00. The van der Waals surface area contributed by atoms with Crippen molar-refractivity contribution in [1.82, 2.24) is 5.32 Å². The van der Waals surface area contributed by atoms with Gasteiger partial charge in [-0.2, -0.15) is 0 Å². The van der Waals surface area contributed by atoms with Crippen molar-refractivity contribution >= 4 is 0 Å². The van der Waals surface area contributed by atoms with Gasteiger partial charge in [0.1, 0.15) is 0 Å². The lowest BCUT2D eigenvalue weighted by Crippen LogP contribution is -2.39. The SMILES string of the molecule is CC(NCC1CCC(C(C)(C)C)CC1)C1CCCCC1. The van der Waals surface area contributed by atoms with Crippen molar-refractivity contribution in [2.24, 2.45) is 23.2 Å². The fourth-order valence-corrected chi connectivity index (χ4v) is 4.39. The third-order valence-corrected chi connectivity index (χ3v) is 6.16. The first-order valence-corrected chi connectivity index (χ1v) is 9.20. The van der Waals surface area contributed by atoms with E-state index in [0.29, 0.717) is 5.41 Å². The summed E-state index contributed by atoms with van der Waals surface area (Å²) in [5, 5.41) is 3.88. The van der Waals surface area contributed by atoms with E-state index < -0.39 is 0 Å². The van der Waals surface area contributed by atoms with Crippen LogP contribution in [0.2, 0.25) is 0 Å². The van der Waals surface area contributed by atoms with Gasteiger partial charge in [0, 0.05) is 6.04 Å². The molecule has 0 aromatic heterocycles. The van der Waals surface area contributed by atoms with Gasteiger partial charge in [0.2, 0.25) is 0 Å². The first kappa shape index (κ1) is 16.3. The van der Waals surface area contributed by atoms with Gasteiger partial charge < -0.3 is 5.32 Å². The monoisotopic (exact) mass is 279 g/mol. The van der Waals surface area contributed by atoms with Crippen molar-refractivity contribution in [3.8, 4) is 0 Å². The van der Waals surface area contributed by atoms with Crippen LogP contribution in [0.4, 0.5) is 0 Å². The third-order valence-electron chi connectivity index (χ3n) is 6.16. The first-order valence-electron chi connectivity index (χ1n) is 9.20. The van der Waals surface area contributed by atoms with Crippen LogP contribution in [0, 0.1) is 23.2 Å². The van der Waals surface area contributed by atoms with Crippen molar-refractivity contribution in [3.05, 3.63) is 0 Å². The van der Waals surface area contributed by atoms with Gasteiger partial charge in [-0.25, -0.2) is 0 Å². The van der Waals surface area contributed by atoms with Gasteiger partial charge in [0.25, 0.3) is 0 Å². The molecule has 2 aliphatic rings. The predicted molar refractivity (Wildman–Crippen MR) is 88.9 cm³/mol. The molecule has 2 rings (SSSR count). The zero-order chi connectivity index (χ0) is 14.6. The van der Waals surface area contributed by atoms with Crippen LogP contribution in [0.5, 0.6) is 0 Å². The largest absolute Gasteiger partial charge is 0.314 e. The summed E-state index contributed by atoms with van der Waals surface area (Å²) >= 11 is 0. The summed E-state index contributed by atoms with van der Waals surface area (Å²) < 4.78 is 0. The van der Waals surface area contributed by atoms with Crippen molar-refractivity contribution < 1.29 is 0 Å². The van der Waals surface area contributed by atoms with E-state index in [9.17, 15) is 0 Å². The highest BCUT2D eigenvalue weighted by molar-refractivity contribution is 4.83. The molecule has 0 aromatic rings. The Morgan fingerprint density at radius 1 is 0.900 bits per heavy atom. The fourth-order valence-electron chi connectivity index (χ4n) is 4.39. The third kappa shape index (κ3) is 4.76. The van der Waals surface area contributed by atoms with Crippen molar-refractivity contribution in [1.29, 1.82) is 0 Å². The molecule has 20 heavy (non-hydrogen) atoms. The number of hydrogen-bond donors (Lipinski definition) is 1. The highest BCUT2D eigenvalue weighted by atomic mass is 14.9. The Morgan fingerprint density at radius 3 is 2.05 bits per heavy atom. The molecule has 0 bridgehead atoms. The summed E-state index contributed by atoms with van der Waals surface area (Å²) in [5.74, 6) is 2.85. The van der Waals surface area contributed by atoms with E-state index >= 15 is 0 Å². The highest BCUT2D eigenvalue weighted by Crippen LogP contribution is 2.39. The predicted octanol–water partition coefficient (Wildman–Crippen LogP) is 5.40. The summed E-state index contributed by atoms with van der Waals surface area (Å²) in [6.45, 7) is 11.0. The maximum Gasteiger partial charge on any atom is 0.00671 e. The minimum atomic E-state index is 0.522. The molecule has 0 spiro atoms. The molecule has 0 amide bonds. The van der Waals surface area contributed by atoms with Crippen LogP contribution in [0.1, 0.15) is 85.5 Å². The van der Waals surface area contributed by atoms with E-state index in [1.165, 1.54) is 64.3 Å². The van der Waals surface area contributed by atoms with Gasteiger partial charge >= 0.3 is 0 Å². The number of hydrogen-bond acceptors (Lipinski definition) is 1. The van der Waals surface area contributed by atoms with Crippen LogP contribution in [0.3, 0.4) is 0 Å². The summed E-state index contributed by atoms with van der Waals surface area (Å²) in [6, 6.07) is 0.746. The van der Waals surface area contributed by atoms with Crippen LogP contribution in [0.25, 0.3) is 0 Å². The molecular weight excluding hydrogens is 242 g/mol. The Hall–Kier alpha value is -0.0400. The molecule has 0 radical (unpaired) electrons. The summed E-state index contributed by atoms with van der Waals surface area (Å²) in [6.07, 6.45) is 13.1. The van der Waals surface area contributed by atoms with Crippen LogP contribution in [-0.4, -0.2) is 12.6 Å². The smallest absolute Gasteiger partial charge is 0.00671 e. The molecule has 1 nitrogen and oxygen atoms in total. The molecule has 0 aliphatic heterocycles.